The first-order valence-corrected chi connectivity index (χ1v) is 10.8. The van der Waals surface area contributed by atoms with Crippen molar-refractivity contribution in [1.29, 1.82) is 5.26 Å². The van der Waals surface area contributed by atoms with Crippen LogP contribution in [0.25, 0.3) is 10.9 Å². The lowest BCUT2D eigenvalue weighted by atomic mass is 10.2. The zero-order valence-corrected chi connectivity index (χ0v) is 17.2. The van der Waals surface area contributed by atoms with E-state index in [-0.39, 0.29) is 5.91 Å². The number of amides is 1. The van der Waals surface area contributed by atoms with Gasteiger partial charge in [-0.3, -0.25) is 4.79 Å². The fourth-order valence-electron chi connectivity index (χ4n) is 3.42. The van der Waals surface area contributed by atoms with Crippen LogP contribution < -0.4 is 5.32 Å². The Morgan fingerprint density at radius 2 is 1.70 bits per heavy atom. The van der Waals surface area contributed by atoms with E-state index in [1.807, 2.05) is 72.8 Å². The molecule has 0 unspecified atom stereocenters. The van der Waals surface area contributed by atoms with Crippen molar-refractivity contribution < 1.29 is 4.79 Å². The standard InChI is InChI=1S/C25H21N3OS/c26-15-8-16-30-24-14-7-5-12-21(24)27-25(29)23-17-20-11-4-6-13-22(20)28(23)18-19-9-2-1-3-10-19/h1-7,9-14,17H,8,16,18H2,(H,27,29). The second-order valence-electron chi connectivity index (χ2n) is 6.87. The highest BCUT2D eigenvalue weighted by Gasteiger charge is 2.17. The van der Waals surface area contributed by atoms with Gasteiger partial charge in [0.1, 0.15) is 5.69 Å². The zero-order valence-electron chi connectivity index (χ0n) is 16.4. The topological polar surface area (TPSA) is 57.8 Å². The van der Waals surface area contributed by atoms with Gasteiger partial charge in [0.05, 0.1) is 11.8 Å². The number of anilines is 1. The third-order valence-electron chi connectivity index (χ3n) is 4.83. The number of benzene rings is 3. The Balaban J connectivity index is 1.66. The van der Waals surface area contributed by atoms with Crippen molar-refractivity contribution in [1.82, 2.24) is 4.57 Å². The van der Waals surface area contributed by atoms with E-state index >= 15 is 0 Å². The van der Waals surface area contributed by atoms with Crippen LogP contribution >= 0.6 is 11.8 Å². The van der Waals surface area contributed by atoms with E-state index in [4.69, 9.17) is 5.26 Å². The summed E-state index contributed by atoms with van der Waals surface area (Å²) in [5, 5.41) is 12.9. The summed E-state index contributed by atoms with van der Waals surface area (Å²) in [6.45, 7) is 0.621. The molecule has 4 rings (SSSR count). The highest BCUT2D eigenvalue weighted by atomic mass is 32.2. The molecule has 0 atom stereocenters. The van der Waals surface area contributed by atoms with Crippen LogP contribution in [0.2, 0.25) is 0 Å². The summed E-state index contributed by atoms with van der Waals surface area (Å²) in [6, 6.07) is 30.0. The summed E-state index contributed by atoms with van der Waals surface area (Å²) in [7, 11) is 0. The van der Waals surface area contributed by atoms with Crippen molar-refractivity contribution in [2.75, 3.05) is 11.1 Å². The number of hydrogen-bond acceptors (Lipinski definition) is 3. The minimum atomic E-state index is -0.143. The Kier molecular flexibility index (Phi) is 6.17. The van der Waals surface area contributed by atoms with E-state index in [0.29, 0.717) is 24.4 Å². The molecule has 0 saturated carbocycles. The number of para-hydroxylation sites is 2. The van der Waals surface area contributed by atoms with E-state index < -0.39 is 0 Å². The maximum atomic E-state index is 13.3. The first-order valence-electron chi connectivity index (χ1n) is 9.78. The average Bonchev–Trinajstić information content (AvgIpc) is 3.14. The number of rotatable bonds is 7. The fourth-order valence-corrected chi connectivity index (χ4v) is 4.29. The number of nitrogens with zero attached hydrogens (tertiary/aromatic N) is 2. The van der Waals surface area contributed by atoms with Crippen LogP contribution in [0.5, 0.6) is 0 Å². The molecule has 5 heteroatoms. The number of fused-ring (bicyclic) bond motifs is 1. The quantitative estimate of drug-likeness (QED) is 0.302. The van der Waals surface area contributed by atoms with Crippen molar-refractivity contribution in [3.8, 4) is 6.07 Å². The average molecular weight is 412 g/mol. The van der Waals surface area contributed by atoms with Crippen LogP contribution in [-0.4, -0.2) is 16.2 Å². The third kappa shape index (κ3) is 4.40. The highest BCUT2D eigenvalue weighted by Crippen LogP contribution is 2.29. The molecular weight excluding hydrogens is 390 g/mol. The molecule has 30 heavy (non-hydrogen) atoms. The largest absolute Gasteiger partial charge is 0.332 e. The summed E-state index contributed by atoms with van der Waals surface area (Å²) in [5.41, 5.74) is 3.56. The Labute approximate surface area is 180 Å². The number of nitrogens with one attached hydrogen (secondary N) is 1. The summed E-state index contributed by atoms with van der Waals surface area (Å²) < 4.78 is 2.06. The molecule has 0 saturated heterocycles. The van der Waals surface area contributed by atoms with Crippen LogP contribution in [0, 0.1) is 11.3 Å². The van der Waals surface area contributed by atoms with Crippen LogP contribution in [0.1, 0.15) is 22.5 Å². The van der Waals surface area contributed by atoms with Gasteiger partial charge in [-0.15, -0.1) is 11.8 Å². The predicted molar refractivity (Wildman–Crippen MR) is 123 cm³/mol. The second-order valence-corrected chi connectivity index (χ2v) is 8.00. The van der Waals surface area contributed by atoms with Gasteiger partial charge in [-0.2, -0.15) is 5.26 Å². The molecule has 0 spiro atoms. The molecule has 0 bridgehead atoms. The molecule has 4 nitrogen and oxygen atoms in total. The van der Waals surface area contributed by atoms with Gasteiger partial charge in [0.25, 0.3) is 5.91 Å². The molecule has 0 aliphatic heterocycles. The van der Waals surface area contributed by atoms with Crippen LogP contribution in [0.4, 0.5) is 5.69 Å². The third-order valence-corrected chi connectivity index (χ3v) is 5.91. The fraction of sp³-hybridized carbons (Fsp3) is 0.120. The van der Waals surface area contributed by atoms with E-state index in [1.54, 1.807) is 11.8 Å². The molecular formula is C25H21N3OS. The lowest BCUT2D eigenvalue weighted by Crippen LogP contribution is -2.18. The second kappa shape index (κ2) is 9.34. The maximum Gasteiger partial charge on any atom is 0.272 e. The number of thioether (sulfide) groups is 1. The molecule has 0 aliphatic carbocycles. The van der Waals surface area contributed by atoms with E-state index in [9.17, 15) is 4.79 Å². The molecule has 0 aliphatic rings. The van der Waals surface area contributed by atoms with Gasteiger partial charge in [-0.05, 0) is 29.8 Å². The monoisotopic (exact) mass is 411 g/mol. The normalized spacial score (nSPS) is 10.6. The van der Waals surface area contributed by atoms with Gasteiger partial charge in [-0.1, -0.05) is 60.7 Å². The highest BCUT2D eigenvalue weighted by molar-refractivity contribution is 7.99. The molecule has 4 aromatic rings. The number of nitriles is 1. The van der Waals surface area contributed by atoms with Gasteiger partial charge >= 0.3 is 0 Å². The lowest BCUT2D eigenvalue weighted by Gasteiger charge is -2.13. The Hall–Kier alpha value is -3.49. The first kappa shape index (κ1) is 19.8. The van der Waals surface area contributed by atoms with Crippen LogP contribution in [-0.2, 0) is 6.54 Å². The van der Waals surface area contributed by atoms with Gasteiger partial charge in [0, 0.05) is 34.5 Å². The number of carbonyl (C=O) groups excluding carboxylic acids is 1. The summed E-state index contributed by atoms with van der Waals surface area (Å²) in [4.78, 5) is 14.2. The van der Waals surface area contributed by atoms with E-state index in [0.717, 1.165) is 27.0 Å². The minimum absolute atomic E-state index is 0.143. The number of aromatic nitrogens is 1. The van der Waals surface area contributed by atoms with E-state index in [1.165, 1.54) is 0 Å². The minimum Gasteiger partial charge on any atom is -0.332 e. The van der Waals surface area contributed by atoms with Crippen molar-refractivity contribution in [2.24, 2.45) is 0 Å². The molecule has 1 amide bonds. The lowest BCUT2D eigenvalue weighted by molar-refractivity contribution is 0.101. The SMILES string of the molecule is N#CCCSc1ccccc1NC(=O)c1cc2ccccc2n1Cc1ccccc1. The Bertz CT molecular complexity index is 1210. The number of hydrogen-bond donors (Lipinski definition) is 1. The number of carbonyl (C=O) groups is 1. The van der Waals surface area contributed by atoms with E-state index in [2.05, 4.69) is 28.1 Å². The van der Waals surface area contributed by atoms with Gasteiger partial charge in [-0.25, -0.2) is 0 Å². The summed E-state index contributed by atoms with van der Waals surface area (Å²) in [6.07, 6.45) is 0.470. The van der Waals surface area contributed by atoms with Crippen molar-refractivity contribution >= 4 is 34.3 Å². The smallest absolute Gasteiger partial charge is 0.272 e. The van der Waals surface area contributed by atoms with Gasteiger partial charge in [0.2, 0.25) is 0 Å². The molecule has 0 fully saturated rings. The Morgan fingerprint density at radius 1 is 0.967 bits per heavy atom. The summed E-state index contributed by atoms with van der Waals surface area (Å²) >= 11 is 1.58. The molecule has 1 heterocycles. The predicted octanol–water partition coefficient (Wildman–Crippen LogP) is 5.95. The van der Waals surface area contributed by atoms with Gasteiger partial charge < -0.3 is 9.88 Å². The molecule has 1 aromatic heterocycles. The zero-order chi connectivity index (χ0) is 20.8. The maximum absolute atomic E-state index is 13.3. The Morgan fingerprint density at radius 3 is 2.53 bits per heavy atom. The molecule has 148 valence electrons. The van der Waals surface area contributed by atoms with Crippen LogP contribution in [0.3, 0.4) is 0 Å². The van der Waals surface area contributed by atoms with Crippen molar-refractivity contribution in [2.45, 2.75) is 17.9 Å². The molecule has 1 N–H and O–H groups in total. The van der Waals surface area contributed by atoms with Gasteiger partial charge in [0.15, 0.2) is 0 Å². The summed E-state index contributed by atoms with van der Waals surface area (Å²) in [5.74, 6) is 0.549. The van der Waals surface area contributed by atoms with Crippen LogP contribution in [0.15, 0.2) is 89.8 Å². The first-order chi connectivity index (χ1) is 14.8. The van der Waals surface area contributed by atoms with Crippen molar-refractivity contribution in [3.05, 3.63) is 96.2 Å². The molecule has 3 aromatic carbocycles. The molecule has 0 radical (unpaired) electrons. The van der Waals surface area contributed by atoms with Crippen molar-refractivity contribution in [3.63, 3.8) is 0 Å².